The molecule has 94 valence electrons. The maximum Gasteiger partial charge on any atom is 0.0962 e. The predicted octanol–water partition coefficient (Wildman–Crippen LogP) is 3.67. The second-order valence-electron chi connectivity index (χ2n) is 4.35. The molecule has 5 heteroatoms. The maximum atomic E-state index is 11.0. The van der Waals surface area contributed by atoms with Gasteiger partial charge in [-0.3, -0.25) is 4.21 Å². The zero-order chi connectivity index (χ0) is 13.4. The van der Waals surface area contributed by atoms with Gasteiger partial charge in [0, 0.05) is 10.3 Å². The first kappa shape index (κ1) is 12.9. The summed E-state index contributed by atoms with van der Waals surface area (Å²) in [6.07, 6.45) is 0. The van der Waals surface area contributed by atoms with Crippen molar-refractivity contribution in [1.82, 2.24) is 0 Å². The fourth-order valence-corrected chi connectivity index (χ4v) is 2.67. The van der Waals surface area contributed by atoms with Gasteiger partial charge in [0.15, 0.2) is 0 Å². The molecular weight excluding hydrogens is 248 g/mol. The summed E-state index contributed by atoms with van der Waals surface area (Å²) in [5, 5.41) is 5.25. The summed E-state index contributed by atoms with van der Waals surface area (Å²) >= 11 is -2.24. The lowest BCUT2D eigenvalue weighted by atomic mass is 9.97. The molecule has 0 fully saturated rings. The van der Waals surface area contributed by atoms with Crippen molar-refractivity contribution in [3.05, 3.63) is 34.9 Å². The van der Waals surface area contributed by atoms with Crippen molar-refractivity contribution in [2.24, 2.45) is 5.11 Å². The average Bonchev–Trinajstić information content (AvgIpc) is 2.31. The minimum atomic E-state index is -2.24. The highest BCUT2D eigenvalue weighted by molar-refractivity contribution is 7.79. The fraction of sp³-hybridized carbons (Fsp3) is 0.231. The summed E-state index contributed by atoms with van der Waals surface area (Å²) in [5.74, 6) is 0. The molecule has 2 rings (SSSR count). The van der Waals surface area contributed by atoms with Crippen molar-refractivity contribution in [3.63, 3.8) is 0 Å². The van der Waals surface area contributed by atoms with E-state index in [-0.39, 0.29) is 4.90 Å². The average molecular weight is 261 g/mol. The Morgan fingerprint density at radius 2 is 1.83 bits per heavy atom. The quantitative estimate of drug-likeness (QED) is 0.661. The van der Waals surface area contributed by atoms with Crippen molar-refractivity contribution < 1.29 is 8.76 Å². The molecule has 18 heavy (non-hydrogen) atoms. The van der Waals surface area contributed by atoms with E-state index in [0.717, 1.165) is 27.5 Å². The molecule has 0 saturated heterocycles. The number of rotatable bonds is 2. The largest absolute Gasteiger partial charge is 0.768 e. The van der Waals surface area contributed by atoms with Crippen LogP contribution in [0.15, 0.2) is 28.2 Å². The first-order valence-corrected chi connectivity index (χ1v) is 6.54. The number of benzene rings is 2. The smallest absolute Gasteiger partial charge is 0.0962 e. The summed E-state index contributed by atoms with van der Waals surface area (Å²) in [5.41, 5.74) is 10.7. The van der Waals surface area contributed by atoms with Crippen molar-refractivity contribution in [2.75, 3.05) is 0 Å². The Kier molecular flexibility index (Phi) is 3.28. The number of fused-ring (bicyclic) bond motifs is 1. The van der Waals surface area contributed by atoms with Gasteiger partial charge in [-0.2, -0.15) is 5.11 Å². The van der Waals surface area contributed by atoms with Crippen LogP contribution >= 0.6 is 0 Å². The Morgan fingerprint density at radius 3 is 2.39 bits per heavy atom. The number of nitrogens with one attached hydrogen (secondary N) is 1. The van der Waals surface area contributed by atoms with E-state index < -0.39 is 11.1 Å². The van der Waals surface area contributed by atoms with Gasteiger partial charge in [-0.1, -0.05) is 6.07 Å². The van der Waals surface area contributed by atoms with Gasteiger partial charge in [0.25, 0.3) is 0 Å². The molecule has 2 aromatic carbocycles. The van der Waals surface area contributed by atoms with Gasteiger partial charge in [0.1, 0.15) is 0 Å². The standard InChI is InChI=1S/C13H14N2O2S/c1-7-4-10-6-11(18(16)17)5-8(2)12(10)13(15-14)9(7)3/h4-6,14H,1-3H3,(H,16,17)/p-1. The Morgan fingerprint density at radius 1 is 1.17 bits per heavy atom. The molecule has 0 bridgehead atoms. The van der Waals surface area contributed by atoms with E-state index in [9.17, 15) is 8.76 Å². The SMILES string of the molecule is Cc1cc2cc(S(=O)[O-])cc(C)c2c(N=N)c1C. The van der Waals surface area contributed by atoms with Crippen LogP contribution in [-0.4, -0.2) is 8.76 Å². The lowest BCUT2D eigenvalue weighted by molar-refractivity contribution is 0.537. The number of hydrogen-bond acceptors (Lipinski definition) is 4. The minimum Gasteiger partial charge on any atom is -0.768 e. The topological polar surface area (TPSA) is 76.3 Å². The molecule has 0 aliphatic carbocycles. The molecule has 0 amide bonds. The summed E-state index contributed by atoms with van der Waals surface area (Å²) in [7, 11) is 0. The molecule has 0 radical (unpaired) electrons. The van der Waals surface area contributed by atoms with E-state index in [0.29, 0.717) is 5.69 Å². The predicted molar refractivity (Wildman–Crippen MR) is 70.2 cm³/mol. The van der Waals surface area contributed by atoms with Crippen LogP contribution in [0.2, 0.25) is 0 Å². The summed E-state index contributed by atoms with van der Waals surface area (Å²) in [6, 6.07) is 5.16. The second-order valence-corrected chi connectivity index (χ2v) is 5.29. The zero-order valence-corrected chi connectivity index (χ0v) is 11.2. The Labute approximate surface area is 108 Å². The van der Waals surface area contributed by atoms with E-state index in [4.69, 9.17) is 5.53 Å². The number of nitrogens with zero attached hydrogens (tertiary/aromatic N) is 1. The van der Waals surface area contributed by atoms with Gasteiger partial charge in [-0.15, -0.1) is 0 Å². The van der Waals surface area contributed by atoms with Crippen molar-refractivity contribution in [3.8, 4) is 0 Å². The van der Waals surface area contributed by atoms with Crippen LogP contribution in [-0.2, 0) is 11.1 Å². The first-order chi connectivity index (χ1) is 8.45. The second kappa shape index (κ2) is 4.59. The third-order valence-electron chi connectivity index (χ3n) is 3.20. The molecule has 0 aromatic heterocycles. The molecule has 0 aliphatic heterocycles. The van der Waals surface area contributed by atoms with E-state index in [1.54, 1.807) is 12.1 Å². The molecule has 1 atom stereocenters. The van der Waals surface area contributed by atoms with Crippen molar-refractivity contribution in [2.45, 2.75) is 25.7 Å². The first-order valence-electron chi connectivity index (χ1n) is 5.47. The van der Waals surface area contributed by atoms with Crippen LogP contribution in [0.1, 0.15) is 16.7 Å². The molecule has 0 spiro atoms. The maximum absolute atomic E-state index is 11.0. The number of aryl methyl sites for hydroxylation is 2. The van der Waals surface area contributed by atoms with E-state index in [1.165, 1.54) is 0 Å². The molecule has 1 N–H and O–H groups in total. The number of hydrogen-bond donors (Lipinski definition) is 1. The highest BCUT2D eigenvalue weighted by atomic mass is 32.2. The monoisotopic (exact) mass is 261 g/mol. The fourth-order valence-electron chi connectivity index (χ4n) is 2.17. The normalized spacial score (nSPS) is 12.7. The summed E-state index contributed by atoms with van der Waals surface area (Å²) in [4.78, 5) is 0.263. The molecule has 1 unspecified atom stereocenters. The van der Waals surface area contributed by atoms with Crippen LogP contribution in [0.4, 0.5) is 5.69 Å². The van der Waals surface area contributed by atoms with Crippen molar-refractivity contribution >= 4 is 27.5 Å². The zero-order valence-electron chi connectivity index (χ0n) is 10.4. The van der Waals surface area contributed by atoms with Gasteiger partial charge >= 0.3 is 0 Å². The van der Waals surface area contributed by atoms with Crippen LogP contribution in [0, 0.1) is 26.3 Å². The molecular formula is C13H13N2O2S-. The van der Waals surface area contributed by atoms with Crippen LogP contribution in [0.5, 0.6) is 0 Å². The van der Waals surface area contributed by atoms with Gasteiger partial charge in [-0.25, -0.2) is 5.53 Å². The Hall–Kier alpha value is -1.59. The third-order valence-corrected chi connectivity index (χ3v) is 3.82. The Bertz CT molecular complexity index is 680. The molecule has 0 aliphatic rings. The van der Waals surface area contributed by atoms with Gasteiger partial charge in [0.05, 0.1) is 5.69 Å². The van der Waals surface area contributed by atoms with E-state index in [2.05, 4.69) is 5.11 Å². The molecule has 0 heterocycles. The van der Waals surface area contributed by atoms with Gasteiger partial charge in [0.2, 0.25) is 0 Å². The lowest BCUT2D eigenvalue weighted by Gasteiger charge is -2.14. The Balaban J connectivity index is 2.96. The van der Waals surface area contributed by atoms with Gasteiger partial charge in [-0.05, 0) is 66.1 Å². The minimum absolute atomic E-state index is 0.263. The van der Waals surface area contributed by atoms with Crippen molar-refractivity contribution in [1.29, 1.82) is 5.53 Å². The van der Waals surface area contributed by atoms with Crippen LogP contribution in [0.3, 0.4) is 0 Å². The highest BCUT2D eigenvalue weighted by Crippen LogP contribution is 2.35. The van der Waals surface area contributed by atoms with Crippen LogP contribution in [0.25, 0.3) is 10.8 Å². The van der Waals surface area contributed by atoms with E-state index in [1.807, 2.05) is 26.8 Å². The van der Waals surface area contributed by atoms with Crippen LogP contribution < -0.4 is 0 Å². The van der Waals surface area contributed by atoms with E-state index >= 15 is 0 Å². The third kappa shape index (κ3) is 1.95. The summed E-state index contributed by atoms with van der Waals surface area (Å²) in [6.45, 7) is 5.68. The van der Waals surface area contributed by atoms with Gasteiger partial charge < -0.3 is 4.55 Å². The molecule has 2 aromatic rings. The summed E-state index contributed by atoms with van der Waals surface area (Å²) < 4.78 is 22.1. The molecule has 0 saturated carbocycles. The lowest BCUT2D eigenvalue weighted by Crippen LogP contribution is -1.93. The molecule has 4 nitrogen and oxygen atoms in total. The highest BCUT2D eigenvalue weighted by Gasteiger charge is 2.11.